The summed E-state index contributed by atoms with van der Waals surface area (Å²) in [5, 5.41) is 3.83. The second-order valence-electron chi connectivity index (χ2n) is 24.2. The zero-order valence-corrected chi connectivity index (χ0v) is 45.1. The first-order chi connectivity index (χ1) is 33.4. The van der Waals surface area contributed by atoms with E-state index in [2.05, 4.69) is 133 Å². The highest BCUT2D eigenvalue weighted by Crippen LogP contribution is 2.53. The Hall–Kier alpha value is -3.96. The first-order valence-electron chi connectivity index (χ1n) is 27.4. The first-order valence-corrected chi connectivity index (χ1v) is 27.4. The molecule has 0 aliphatic heterocycles. The van der Waals surface area contributed by atoms with Crippen molar-refractivity contribution in [3.63, 3.8) is 0 Å². The van der Waals surface area contributed by atoms with Gasteiger partial charge in [-0.15, -0.1) is 0 Å². The average molecular weight is 961 g/mol. The van der Waals surface area contributed by atoms with Crippen LogP contribution in [0.2, 0.25) is 0 Å². The van der Waals surface area contributed by atoms with Crippen molar-refractivity contribution in [2.75, 3.05) is 65.4 Å². The van der Waals surface area contributed by atoms with E-state index in [-0.39, 0.29) is 35.1 Å². The van der Waals surface area contributed by atoms with E-state index in [0.717, 1.165) is 70.4 Å². The Morgan fingerprint density at radius 1 is 0.529 bits per heavy atom. The largest absolute Gasteiger partial charge is 0.444 e. The minimum Gasteiger partial charge on any atom is -0.444 e. The van der Waals surface area contributed by atoms with E-state index in [0.29, 0.717) is 23.8 Å². The van der Waals surface area contributed by atoms with Gasteiger partial charge in [0.1, 0.15) is 11.2 Å². The van der Waals surface area contributed by atoms with Gasteiger partial charge >= 0.3 is 12.2 Å². The Labute approximate surface area is 423 Å². The molecule has 6 aliphatic carbocycles. The van der Waals surface area contributed by atoms with Crippen LogP contribution in [-0.2, 0) is 9.47 Å². The zero-order valence-electron chi connectivity index (χ0n) is 45.1. The van der Waals surface area contributed by atoms with Crippen LogP contribution in [0.25, 0.3) is 0 Å². The van der Waals surface area contributed by atoms with Crippen LogP contribution in [0.3, 0.4) is 0 Å². The van der Waals surface area contributed by atoms with Gasteiger partial charge in [0.25, 0.3) is 0 Å². The molecule has 6 saturated carbocycles. The van der Waals surface area contributed by atoms with Crippen molar-refractivity contribution < 1.29 is 19.1 Å². The zero-order chi connectivity index (χ0) is 50.3. The lowest BCUT2D eigenvalue weighted by atomic mass is 10.0. The Morgan fingerprint density at radius 2 is 0.886 bits per heavy atom. The summed E-state index contributed by atoms with van der Waals surface area (Å²) >= 11 is 0. The van der Waals surface area contributed by atoms with Crippen LogP contribution in [0.5, 0.6) is 0 Å². The van der Waals surface area contributed by atoms with Crippen molar-refractivity contribution in [1.29, 1.82) is 0 Å². The van der Waals surface area contributed by atoms with E-state index >= 15 is 0 Å². The van der Waals surface area contributed by atoms with Gasteiger partial charge in [0, 0.05) is 79.4 Å². The molecule has 3 unspecified atom stereocenters. The second kappa shape index (κ2) is 22.9. The summed E-state index contributed by atoms with van der Waals surface area (Å²) in [6.07, 6.45) is 10.5. The van der Waals surface area contributed by atoms with Gasteiger partial charge in [0.15, 0.2) is 0 Å². The number of nitrogens with zero attached hydrogens (tertiary/aromatic N) is 4. The van der Waals surface area contributed by atoms with Crippen molar-refractivity contribution >= 4 is 12.2 Å². The van der Waals surface area contributed by atoms with Crippen LogP contribution in [-0.4, -0.2) is 127 Å². The number of carbonyl (C=O) groups excluding carboxylic acids is 2. The number of rotatable bonds is 21. The third-order valence-corrected chi connectivity index (χ3v) is 16.0. The summed E-state index contributed by atoms with van der Waals surface area (Å²) in [7, 11) is 0. The third kappa shape index (κ3) is 15.5. The Morgan fingerprint density at radius 3 is 1.23 bits per heavy atom. The van der Waals surface area contributed by atoms with Gasteiger partial charge in [0.2, 0.25) is 0 Å². The molecule has 70 heavy (non-hydrogen) atoms. The number of carbonyl (C=O) groups is 2. The number of benzene rings is 3. The molecule has 3 aromatic carbocycles. The topological polar surface area (TPSA) is 104 Å². The second-order valence-corrected chi connectivity index (χ2v) is 24.2. The van der Waals surface area contributed by atoms with E-state index in [4.69, 9.17) is 15.2 Å². The van der Waals surface area contributed by atoms with Crippen molar-refractivity contribution in [2.45, 2.75) is 174 Å². The minimum atomic E-state index is -0.466. The first kappa shape index (κ1) is 53.8. The smallest absolute Gasteiger partial charge is 0.410 e. The van der Waals surface area contributed by atoms with Crippen LogP contribution >= 0.6 is 0 Å². The molecule has 0 saturated heterocycles. The lowest BCUT2D eigenvalue weighted by Gasteiger charge is -2.33. The van der Waals surface area contributed by atoms with Crippen molar-refractivity contribution in [1.82, 2.24) is 24.9 Å². The number of nitrogens with one attached hydrogen (secondary N) is 1. The van der Waals surface area contributed by atoms with E-state index in [1.165, 1.54) is 75.0 Å². The van der Waals surface area contributed by atoms with Crippen molar-refractivity contribution in [2.24, 2.45) is 22.0 Å². The van der Waals surface area contributed by atoms with Gasteiger partial charge in [-0.3, -0.25) is 0 Å². The molecule has 3 aromatic rings. The molecule has 3 N–H and O–H groups in total. The monoisotopic (exact) mass is 961 g/mol. The summed E-state index contributed by atoms with van der Waals surface area (Å²) in [5.41, 5.74) is 10.1. The Kier molecular flexibility index (Phi) is 17.6. The molecule has 10 nitrogen and oxygen atoms in total. The van der Waals surface area contributed by atoms with Gasteiger partial charge in [-0.05, 0) is 154 Å². The van der Waals surface area contributed by atoms with E-state index in [1.54, 1.807) is 0 Å². The van der Waals surface area contributed by atoms with Gasteiger partial charge in [-0.2, -0.15) is 0 Å². The van der Waals surface area contributed by atoms with E-state index in [9.17, 15) is 9.59 Å². The molecule has 6 atom stereocenters. The van der Waals surface area contributed by atoms with Gasteiger partial charge in [-0.1, -0.05) is 119 Å². The molecule has 6 fully saturated rings. The quantitative estimate of drug-likeness (QED) is 0.109. The maximum atomic E-state index is 13.0. The molecule has 0 aromatic heterocycles. The molecule has 6 aliphatic rings. The number of nitrogens with two attached hydrogens (primary N) is 1. The number of ether oxygens (including phenoxy) is 2. The fourth-order valence-corrected chi connectivity index (χ4v) is 10.6. The normalized spacial score (nSPS) is 24.8. The summed E-state index contributed by atoms with van der Waals surface area (Å²) in [6, 6.07) is 33.3. The van der Waals surface area contributed by atoms with Gasteiger partial charge < -0.3 is 40.1 Å². The van der Waals surface area contributed by atoms with Crippen LogP contribution in [0.1, 0.15) is 161 Å². The van der Waals surface area contributed by atoms with Crippen LogP contribution in [0.15, 0.2) is 91.0 Å². The summed E-state index contributed by atoms with van der Waals surface area (Å²) in [6.45, 7) is 30.9. The fraction of sp³-hybridized carbons (Fsp3) is 0.667. The van der Waals surface area contributed by atoms with Crippen molar-refractivity contribution in [3.8, 4) is 0 Å². The average Bonchev–Trinajstić information content (AvgIpc) is 4.12. The van der Waals surface area contributed by atoms with Crippen LogP contribution in [0, 0.1) is 16.2 Å². The predicted octanol–water partition coefficient (Wildman–Crippen LogP) is 11.7. The van der Waals surface area contributed by atoms with E-state index < -0.39 is 11.2 Å². The molecule has 0 heterocycles. The molecular formula is C60H92N6O4. The van der Waals surface area contributed by atoms with Crippen LogP contribution in [0.4, 0.5) is 9.59 Å². The van der Waals surface area contributed by atoms with E-state index in [1.807, 2.05) is 52.5 Å². The molecule has 2 amide bonds. The van der Waals surface area contributed by atoms with Gasteiger partial charge in [-0.25, -0.2) is 9.59 Å². The third-order valence-electron chi connectivity index (χ3n) is 16.0. The highest BCUT2D eigenvalue weighted by molar-refractivity contribution is 5.70. The maximum Gasteiger partial charge on any atom is 0.410 e. The molecule has 0 radical (unpaired) electrons. The summed E-state index contributed by atoms with van der Waals surface area (Å²) in [5.74, 6) is 1.64. The Balaban J connectivity index is 0.000000156. The molecule has 0 spiro atoms. The number of hydrogen-bond acceptors (Lipinski definition) is 8. The minimum absolute atomic E-state index is 0.126. The number of amides is 2. The number of hydrogen-bond donors (Lipinski definition) is 2. The fourth-order valence-electron chi connectivity index (χ4n) is 10.6. The van der Waals surface area contributed by atoms with Crippen LogP contribution < -0.4 is 11.1 Å². The maximum absolute atomic E-state index is 13.0. The summed E-state index contributed by atoms with van der Waals surface area (Å²) < 4.78 is 11.4. The van der Waals surface area contributed by atoms with Gasteiger partial charge in [0.05, 0.1) is 0 Å². The lowest BCUT2D eigenvalue weighted by molar-refractivity contribution is 0.0168. The molecular weight excluding hydrogens is 869 g/mol. The lowest BCUT2D eigenvalue weighted by Crippen LogP contribution is -2.44. The molecule has 10 heteroatoms. The highest BCUT2D eigenvalue weighted by atomic mass is 16.6. The Bertz CT molecular complexity index is 2090. The predicted molar refractivity (Wildman–Crippen MR) is 286 cm³/mol. The van der Waals surface area contributed by atoms with Crippen molar-refractivity contribution in [3.05, 3.63) is 108 Å². The highest BCUT2D eigenvalue weighted by Gasteiger charge is 2.54. The molecule has 0 bridgehead atoms. The molecule has 386 valence electrons. The SMILES string of the molecule is CC(C)(C)OC(=O)N(CC1(CN)CC1)[C@H]1CC1c1ccccc1.CCN(CC)CC1(CN(C(=O)OC(C)(C)C)[C@H]2CC2c2ccccc2)CC1.CCN(CC)CC1(CN[C@H]2CC2c2ccccc2)CC1. The molecule has 9 rings (SSSR count). The summed E-state index contributed by atoms with van der Waals surface area (Å²) in [4.78, 5) is 34.8. The standard InChI is InChI=1S/C23H36N2O2.C19H28N2O2.C18H28N2/c1-6-24(7-2)16-23(13-14-23)17-25(21(26)27-22(3,4)5)20-15-19(20)18-11-9-8-10-12-18;1-18(2,3)23-17(22)21(13-19(12-20)9-10-19)16-11-15(16)14-7-5-4-6-8-14;1-3-20(4-2)14-18(10-11-18)13-19-17-12-16(17)15-8-6-5-7-9-15/h8-12,19-20H,6-7,13-17H2,1-5H3;4-8,15-16H,9-13,20H2,1-3H3;5-9,16-17,19H,3-4,10-14H2,1-2H3/t19?,20-;15?,16-;16?,17-/m000/s1.